The molecule has 0 amide bonds. The number of nitrogens with two attached hydrogens (primary N) is 1. The monoisotopic (exact) mass is 181 g/mol. The quantitative estimate of drug-likeness (QED) is 0.578. The summed E-state index contributed by atoms with van der Waals surface area (Å²) in [5, 5.41) is 12.5. The van der Waals surface area contributed by atoms with Crippen molar-refractivity contribution in [3.63, 3.8) is 0 Å². The second kappa shape index (κ2) is 4.79. The number of rotatable bonds is 4. The molecule has 0 spiro atoms. The first-order chi connectivity index (χ1) is 6.24. The second-order valence-electron chi connectivity index (χ2n) is 2.88. The molecular formula is C9H15N3O. The van der Waals surface area contributed by atoms with Crippen LogP contribution in [0, 0.1) is 6.92 Å². The van der Waals surface area contributed by atoms with Gasteiger partial charge in [0.15, 0.2) is 0 Å². The molecule has 1 rings (SSSR count). The Morgan fingerprint density at radius 2 is 2.31 bits per heavy atom. The summed E-state index contributed by atoms with van der Waals surface area (Å²) in [4.78, 5) is 4.19. The molecule has 0 atom stereocenters. The van der Waals surface area contributed by atoms with Gasteiger partial charge < -0.3 is 16.2 Å². The summed E-state index contributed by atoms with van der Waals surface area (Å²) in [5.41, 5.74) is 6.89. The molecule has 4 heteroatoms. The Labute approximate surface area is 77.8 Å². The molecular weight excluding hydrogens is 166 g/mol. The van der Waals surface area contributed by atoms with Crippen LogP contribution in [0.25, 0.3) is 0 Å². The maximum Gasteiger partial charge on any atom is 0.138 e. The van der Waals surface area contributed by atoms with Crippen molar-refractivity contribution in [2.24, 2.45) is 5.73 Å². The van der Waals surface area contributed by atoms with Gasteiger partial charge in [-0.2, -0.15) is 0 Å². The first-order valence-electron chi connectivity index (χ1n) is 4.30. The average molecular weight is 181 g/mol. The Morgan fingerprint density at radius 1 is 1.54 bits per heavy atom. The van der Waals surface area contributed by atoms with Gasteiger partial charge in [0, 0.05) is 25.3 Å². The molecule has 72 valence electrons. The molecule has 4 nitrogen and oxygen atoms in total. The Hall–Kier alpha value is -1.13. The van der Waals surface area contributed by atoms with Crippen molar-refractivity contribution in [3.8, 4) is 5.75 Å². The Kier molecular flexibility index (Phi) is 3.67. The molecule has 0 saturated heterocycles. The average Bonchev–Trinajstić information content (AvgIpc) is 2.11. The highest BCUT2D eigenvalue weighted by molar-refractivity contribution is 5.27. The number of pyridine rings is 1. The van der Waals surface area contributed by atoms with E-state index in [9.17, 15) is 5.11 Å². The van der Waals surface area contributed by atoms with E-state index in [0.29, 0.717) is 18.8 Å². The third kappa shape index (κ3) is 3.01. The van der Waals surface area contributed by atoms with Gasteiger partial charge in [-0.15, -0.1) is 0 Å². The van der Waals surface area contributed by atoms with E-state index in [1.807, 2.05) is 6.92 Å². The van der Waals surface area contributed by atoms with Gasteiger partial charge in [0.1, 0.15) is 5.75 Å². The van der Waals surface area contributed by atoms with E-state index < -0.39 is 0 Å². The van der Waals surface area contributed by atoms with Gasteiger partial charge in [-0.1, -0.05) is 0 Å². The molecule has 13 heavy (non-hydrogen) atoms. The maximum atomic E-state index is 9.40. The molecule has 0 aliphatic carbocycles. The second-order valence-corrected chi connectivity index (χ2v) is 2.88. The van der Waals surface area contributed by atoms with Crippen LogP contribution in [0.5, 0.6) is 5.75 Å². The van der Waals surface area contributed by atoms with Crippen LogP contribution in [-0.4, -0.2) is 23.2 Å². The Morgan fingerprint density at radius 3 is 3.00 bits per heavy atom. The van der Waals surface area contributed by atoms with Crippen molar-refractivity contribution >= 4 is 0 Å². The Bertz CT molecular complexity index is 276. The van der Waals surface area contributed by atoms with Crippen LogP contribution in [0.3, 0.4) is 0 Å². The van der Waals surface area contributed by atoms with E-state index in [-0.39, 0.29) is 5.75 Å². The molecule has 0 unspecified atom stereocenters. The highest BCUT2D eigenvalue weighted by Gasteiger charge is 2.01. The number of aromatic hydroxyl groups is 1. The summed E-state index contributed by atoms with van der Waals surface area (Å²) in [6.07, 6.45) is 0. The van der Waals surface area contributed by atoms with Crippen molar-refractivity contribution in [3.05, 3.63) is 23.5 Å². The van der Waals surface area contributed by atoms with Gasteiger partial charge in [-0.25, -0.2) is 0 Å². The fraction of sp³-hybridized carbons (Fsp3) is 0.444. The van der Waals surface area contributed by atoms with Gasteiger partial charge in [-0.05, 0) is 19.1 Å². The first kappa shape index (κ1) is 9.95. The van der Waals surface area contributed by atoms with Crippen molar-refractivity contribution in [1.29, 1.82) is 0 Å². The van der Waals surface area contributed by atoms with Crippen molar-refractivity contribution in [2.45, 2.75) is 13.5 Å². The molecule has 0 saturated carbocycles. The predicted octanol–water partition coefficient (Wildman–Crippen LogP) is 0.144. The number of hydrogen-bond donors (Lipinski definition) is 3. The fourth-order valence-corrected chi connectivity index (χ4v) is 1.04. The molecule has 0 radical (unpaired) electrons. The molecule has 4 N–H and O–H groups in total. The first-order valence-corrected chi connectivity index (χ1v) is 4.30. The standard InChI is InChI=1S/C9H15N3O/c1-7-2-3-9(13)8(12-7)6-11-5-4-10/h2-3,11,13H,4-6,10H2,1H3. The van der Waals surface area contributed by atoms with Crippen LogP contribution in [-0.2, 0) is 6.54 Å². The number of aryl methyl sites for hydroxylation is 1. The van der Waals surface area contributed by atoms with E-state index in [2.05, 4.69) is 10.3 Å². The van der Waals surface area contributed by atoms with Crippen LogP contribution in [0.15, 0.2) is 12.1 Å². The van der Waals surface area contributed by atoms with Crippen molar-refractivity contribution in [2.75, 3.05) is 13.1 Å². The Balaban J connectivity index is 2.59. The lowest BCUT2D eigenvalue weighted by molar-refractivity contribution is 0.459. The molecule has 0 bridgehead atoms. The topological polar surface area (TPSA) is 71.2 Å². The lowest BCUT2D eigenvalue weighted by Crippen LogP contribution is -2.22. The SMILES string of the molecule is Cc1ccc(O)c(CNCCN)n1. The van der Waals surface area contributed by atoms with E-state index >= 15 is 0 Å². The highest BCUT2D eigenvalue weighted by atomic mass is 16.3. The molecule has 0 aliphatic rings. The lowest BCUT2D eigenvalue weighted by Gasteiger charge is -2.05. The normalized spacial score (nSPS) is 10.3. The van der Waals surface area contributed by atoms with Crippen molar-refractivity contribution in [1.82, 2.24) is 10.3 Å². The van der Waals surface area contributed by atoms with Crippen molar-refractivity contribution < 1.29 is 5.11 Å². The summed E-state index contributed by atoms with van der Waals surface area (Å²) in [5.74, 6) is 0.232. The lowest BCUT2D eigenvalue weighted by atomic mass is 10.3. The minimum atomic E-state index is 0.232. The van der Waals surface area contributed by atoms with Gasteiger partial charge in [-0.3, -0.25) is 4.98 Å². The molecule has 1 aromatic rings. The predicted molar refractivity (Wildman–Crippen MR) is 51.4 cm³/mol. The van der Waals surface area contributed by atoms with E-state index in [4.69, 9.17) is 5.73 Å². The maximum absolute atomic E-state index is 9.40. The fourth-order valence-electron chi connectivity index (χ4n) is 1.04. The van der Waals surface area contributed by atoms with Gasteiger partial charge in [0.05, 0.1) is 5.69 Å². The molecule has 1 heterocycles. The van der Waals surface area contributed by atoms with Crippen LogP contribution in [0.2, 0.25) is 0 Å². The number of aromatic nitrogens is 1. The highest BCUT2D eigenvalue weighted by Crippen LogP contribution is 2.13. The van der Waals surface area contributed by atoms with Crippen LogP contribution >= 0.6 is 0 Å². The number of hydrogen-bond acceptors (Lipinski definition) is 4. The molecule has 1 aromatic heterocycles. The third-order valence-corrected chi connectivity index (χ3v) is 1.70. The summed E-state index contributed by atoms with van der Waals surface area (Å²) in [6.45, 7) is 3.78. The van der Waals surface area contributed by atoms with Gasteiger partial charge >= 0.3 is 0 Å². The zero-order valence-electron chi connectivity index (χ0n) is 7.75. The molecule has 0 aromatic carbocycles. The van der Waals surface area contributed by atoms with Gasteiger partial charge in [0.2, 0.25) is 0 Å². The van der Waals surface area contributed by atoms with Crippen LogP contribution < -0.4 is 11.1 Å². The summed E-state index contributed by atoms with van der Waals surface area (Å²) in [6, 6.07) is 3.43. The zero-order valence-corrected chi connectivity index (χ0v) is 7.75. The zero-order chi connectivity index (χ0) is 9.68. The van der Waals surface area contributed by atoms with Crippen LogP contribution in [0.1, 0.15) is 11.4 Å². The smallest absolute Gasteiger partial charge is 0.138 e. The van der Waals surface area contributed by atoms with E-state index in [1.54, 1.807) is 12.1 Å². The van der Waals surface area contributed by atoms with E-state index in [1.165, 1.54) is 0 Å². The largest absolute Gasteiger partial charge is 0.506 e. The van der Waals surface area contributed by atoms with Gasteiger partial charge in [0.25, 0.3) is 0 Å². The van der Waals surface area contributed by atoms with Crippen LogP contribution in [0.4, 0.5) is 0 Å². The van der Waals surface area contributed by atoms with E-state index in [0.717, 1.165) is 12.2 Å². The summed E-state index contributed by atoms with van der Waals surface area (Å²) < 4.78 is 0. The number of nitrogens with zero attached hydrogens (tertiary/aromatic N) is 1. The molecule has 0 aliphatic heterocycles. The number of nitrogens with one attached hydrogen (secondary N) is 1. The minimum Gasteiger partial charge on any atom is -0.506 e. The third-order valence-electron chi connectivity index (χ3n) is 1.70. The molecule has 0 fully saturated rings. The minimum absolute atomic E-state index is 0.232. The summed E-state index contributed by atoms with van der Waals surface area (Å²) in [7, 11) is 0. The summed E-state index contributed by atoms with van der Waals surface area (Å²) >= 11 is 0.